The molecule has 1 heterocycles. The lowest BCUT2D eigenvalue weighted by Crippen LogP contribution is -2.11. The molecule has 0 aliphatic carbocycles. The monoisotopic (exact) mass is 433 g/mol. The fourth-order valence-corrected chi connectivity index (χ4v) is 3.37. The predicted octanol–water partition coefficient (Wildman–Crippen LogP) is 3.27. The molecule has 5 nitrogen and oxygen atoms in total. The van der Waals surface area contributed by atoms with Crippen molar-refractivity contribution in [1.29, 1.82) is 0 Å². The number of sulfonamides is 1. The van der Waals surface area contributed by atoms with E-state index in [1.54, 1.807) is 30.1 Å². The quantitative estimate of drug-likeness (QED) is 0.642. The van der Waals surface area contributed by atoms with Gasteiger partial charge in [-0.3, -0.25) is 4.68 Å². The van der Waals surface area contributed by atoms with E-state index >= 15 is 0 Å². The van der Waals surface area contributed by atoms with Crippen molar-refractivity contribution in [2.45, 2.75) is 23.9 Å². The lowest BCUT2D eigenvalue weighted by Gasteiger charge is -2.08. The van der Waals surface area contributed by atoms with E-state index < -0.39 is 21.8 Å². The minimum atomic E-state index is -4.35. The molecule has 0 radical (unpaired) electrons. The van der Waals surface area contributed by atoms with Gasteiger partial charge in [-0.1, -0.05) is 24.0 Å². The highest BCUT2D eigenvalue weighted by atomic mass is 32.2. The molecule has 156 valence electrons. The summed E-state index contributed by atoms with van der Waals surface area (Å²) in [5, 5.41) is 9.28. The molecular formula is C21H18F3N3O2S. The van der Waals surface area contributed by atoms with Gasteiger partial charge in [0.15, 0.2) is 0 Å². The van der Waals surface area contributed by atoms with Crippen molar-refractivity contribution in [3.05, 3.63) is 82.7 Å². The molecule has 0 unspecified atom stereocenters. The van der Waals surface area contributed by atoms with Crippen LogP contribution in [0.15, 0.2) is 59.6 Å². The third-order valence-electron chi connectivity index (χ3n) is 4.52. The van der Waals surface area contributed by atoms with Gasteiger partial charge in [-0.25, -0.2) is 13.6 Å². The molecule has 0 aliphatic heterocycles. The molecule has 0 saturated carbocycles. The molecule has 0 fully saturated rings. The average Bonchev–Trinajstić information content (AvgIpc) is 3.03. The molecule has 3 aromatic rings. The first-order valence-corrected chi connectivity index (χ1v) is 10.4. The summed E-state index contributed by atoms with van der Waals surface area (Å²) in [4.78, 5) is 0.00617. The van der Waals surface area contributed by atoms with Gasteiger partial charge in [-0.15, -0.1) is 0 Å². The zero-order valence-corrected chi connectivity index (χ0v) is 16.8. The van der Waals surface area contributed by atoms with Gasteiger partial charge in [0.1, 0.15) is 0 Å². The first-order valence-electron chi connectivity index (χ1n) is 8.86. The van der Waals surface area contributed by atoms with E-state index in [0.29, 0.717) is 24.0 Å². The molecule has 2 N–H and O–H groups in total. The highest BCUT2D eigenvalue weighted by Gasteiger charge is 2.29. The topological polar surface area (TPSA) is 78.0 Å². The zero-order valence-electron chi connectivity index (χ0n) is 15.9. The van der Waals surface area contributed by atoms with E-state index in [9.17, 15) is 21.6 Å². The van der Waals surface area contributed by atoms with Crippen molar-refractivity contribution in [1.82, 2.24) is 9.78 Å². The molecule has 0 aliphatic rings. The van der Waals surface area contributed by atoms with Gasteiger partial charge in [-0.05, 0) is 54.8 Å². The Hall–Kier alpha value is -3.09. The summed E-state index contributed by atoms with van der Waals surface area (Å²) < 4.78 is 62.3. The number of nitrogens with zero attached hydrogens (tertiary/aromatic N) is 2. The number of nitrogens with two attached hydrogens (primary N) is 1. The third-order valence-corrected chi connectivity index (χ3v) is 5.45. The van der Waals surface area contributed by atoms with E-state index in [4.69, 9.17) is 5.14 Å². The number of benzene rings is 2. The predicted molar refractivity (Wildman–Crippen MR) is 106 cm³/mol. The standard InChI is InChI=1S/C21H18F3N3O2S/c1-27-20(13-7-16-3-9-18(10-4-16)21(22,23)24)17(14-26-27)8-2-15-5-11-19(12-6-15)30(25,28)29/h3-6,9-12,14H,7,13H2,1H3,(H2,25,28,29). The van der Waals surface area contributed by atoms with Gasteiger partial charge in [0, 0.05) is 12.6 Å². The number of halogens is 3. The van der Waals surface area contributed by atoms with E-state index in [2.05, 4.69) is 16.9 Å². The van der Waals surface area contributed by atoms with Gasteiger partial charge >= 0.3 is 6.18 Å². The molecule has 1 aromatic heterocycles. The second-order valence-electron chi connectivity index (χ2n) is 6.64. The van der Waals surface area contributed by atoms with Crippen molar-refractivity contribution in [2.75, 3.05) is 0 Å². The second kappa shape index (κ2) is 8.34. The lowest BCUT2D eigenvalue weighted by atomic mass is 10.0. The first-order chi connectivity index (χ1) is 14.0. The van der Waals surface area contributed by atoms with Crippen LogP contribution in [0.2, 0.25) is 0 Å². The molecule has 3 rings (SSSR count). The van der Waals surface area contributed by atoms with Crippen LogP contribution >= 0.6 is 0 Å². The number of aryl methyl sites for hydroxylation is 2. The van der Waals surface area contributed by atoms with Crippen LogP contribution in [0.5, 0.6) is 0 Å². The summed E-state index contributed by atoms with van der Waals surface area (Å²) in [7, 11) is -1.99. The van der Waals surface area contributed by atoms with Crippen LogP contribution in [0.1, 0.15) is 27.9 Å². The zero-order chi connectivity index (χ0) is 21.9. The Balaban J connectivity index is 1.74. The number of alkyl halides is 3. The second-order valence-corrected chi connectivity index (χ2v) is 8.20. The van der Waals surface area contributed by atoms with Crippen LogP contribution in [-0.4, -0.2) is 18.2 Å². The van der Waals surface area contributed by atoms with E-state index in [-0.39, 0.29) is 4.90 Å². The Morgan fingerprint density at radius 1 is 1.00 bits per heavy atom. The number of hydrogen-bond acceptors (Lipinski definition) is 3. The normalized spacial score (nSPS) is 11.8. The summed E-state index contributed by atoms with van der Waals surface area (Å²) in [5.74, 6) is 5.96. The summed E-state index contributed by atoms with van der Waals surface area (Å²) in [6.07, 6.45) is -1.64. The first kappa shape index (κ1) is 21.6. The summed E-state index contributed by atoms with van der Waals surface area (Å²) in [6, 6.07) is 11.0. The molecule has 0 amide bonds. The minimum absolute atomic E-state index is 0.00617. The van der Waals surface area contributed by atoms with Gasteiger partial charge in [0.2, 0.25) is 10.0 Å². The number of aromatic nitrogens is 2. The third kappa shape index (κ3) is 5.28. The molecule has 30 heavy (non-hydrogen) atoms. The molecule has 0 saturated heterocycles. The van der Waals surface area contributed by atoms with Gasteiger partial charge in [0.05, 0.1) is 27.9 Å². The largest absolute Gasteiger partial charge is 0.416 e. The minimum Gasteiger partial charge on any atom is -0.271 e. The van der Waals surface area contributed by atoms with Crippen LogP contribution < -0.4 is 5.14 Å². The fourth-order valence-electron chi connectivity index (χ4n) is 2.85. The Kier molecular flexibility index (Phi) is 6.01. The Morgan fingerprint density at radius 3 is 2.20 bits per heavy atom. The maximum atomic E-state index is 12.7. The van der Waals surface area contributed by atoms with Crippen LogP contribution in [-0.2, 0) is 36.1 Å². The smallest absolute Gasteiger partial charge is 0.271 e. The van der Waals surface area contributed by atoms with E-state index in [1.807, 2.05) is 0 Å². The molecular weight excluding hydrogens is 415 g/mol. The van der Waals surface area contributed by atoms with Crippen molar-refractivity contribution in [2.24, 2.45) is 12.2 Å². The van der Waals surface area contributed by atoms with Crippen molar-refractivity contribution < 1.29 is 21.6 Å². The van der Waals surface area contributed by atoms with Crippen LogP contribution in [0.25, 0.3) is 0 Å². The molecule has 0 bridgehead atoms. The lowest BCUT2D eigenvalue weighted by molar-refractivity contribution is -0.137. The van der Waals surface area contributed by atoms with Crippen molar-refractivity contribution in [3.8, 4) is 11.8 Å². The number of hydrogen-bond donors (Lipinski definition) is 1. The summed E-state index contributed by atoms with van der Waals surface area (Å²) >= 11 is 0. The number of rotatable bonds is 4. The van der Waals surface area contributed by atoms with Crippen LogP contribution in [0.3, 0.4) is 0 Å². The van der Waals surface area contributed by atoms with E-state index in [0.717, 1.165) is 23.4 Å². The average molecular weight is 433 g/mol. The molecule has 9 heteroatoms. The highest BCUT2D eigenvalue weighted by Crippen LogP contribution is 2.29. The van der Waals surface area contributed by atoms with Crippen LogP contribution in [0, 0.1) is 11.8 Å². The Labute approximate surface area is 172 Å². The summed E-state index contributed by atoms with van der Waals surface area (Å²) in [6.45, 7) is 0. The maximum absolute atomic E-state index is 12.7. The molecule has 2 aromatic carbocycles. The number of primary sulfonamides is 1. The highest BCUT2D eigenvalue weighted by molar-refractivity contribution is 7.89. The summed E-state index contributed by atoms with van der Waals surface area (Å²) in [5.41, 5.74) is 2.26. The Bertz CT molecular complexity index is 1200. The van der Waals surface area contributed by atoms with Crippen LogP contribution in [0.4, 0.5) is 13.2 Å². The van der Waals surface area contributed by atoms with E-state index in [1.165, 1.54) is 24.3 Å². The maximum Gasteiger partial charge on any atom is 0.416 e. The van der Waals surface area contributed by atoms with Crippen molar-refractivity contribution in [3.63, 3.8) is 0 Å². The Morgan fingerprint density at radius 2 is 1.63 bits per heavy atom. The SMILES string of the molecule is Cn1ncc(C#Cc2ccc(S(N)(=O)=O)cc2)c1CCc1ccc(C(F)(F)F)cc1. The van der Waals surface area contributed by atoms with Gasteiger partial charge in [-0.2, -0.15) is 18.3 Å². The van der Waals surface area contributed by atoms with Gasteiger partial charge < -0.3 is 0 Å². The fraction of sp³-hybridized carbons (Fsp3) is 0.190. The molecule has 0 atom stereocenters. The molecule has 0 spiro atoms. The van der Waals surface area contributed by atoms with Crippen molar-refractivity contribution >= 4 is 10.0 Å². The van der Waals surface area contributed by atoms with Gasteiger partial charge in [0.25, 0.3) is 0 Å².